The standard InChI is InChI=1S/C14H19Cl2NO2/c1-4-7-14(3,13(18)19)17-9(2)11-8-10(15)5-6-12(11)16/h5-6,8-9,17H,4,7H2,1-3H3,(H,18,19). The number of carboxylic acids is 1. The predicted octanol–water partition coefficient (Wildman–Crippen LogP) is 4.29. The van der Waals surface area contributed by atoms with Crippen molar-refractivity contribution < 1.29 is 9.90 Å². The van der Waals surface area contributed by atoms with Gasteiger partial charge in [0.05, 0.1) is 0 Å². The summed E-state index contributed by atoms with van der Waals surface area (Å²) in [5, 5.41) is 13.7. The van der Waals surface area contributed by atoms with Gasteiger partial charge in [-0.2, -0.15) is 0 Å². The monoisotopic (exact) mass is 303 g/mol. The minimum absolute atomic E-state index is 0.196. The molecule has 0 aliphatic carbocycles. The van der Waals surface area contributed by atoms with Crippen LogP contribution in [0.3, 0.4) is 0 Å². The largest absolute Gasteiger partial charge is 0.480 e. The van der Waals surface area contributed by atoms with Gasteiger partial charge in [0.1, 0.15) is 5.54 Å². The summed E-state index contributed by atoms with van der Waals surface area (Å²) in [5.41, 5.74) is -0.169. The molecule has 5 heteroatoms. The topological polar surface area (TPSA) is 49.3 Å². The summed E-state index contributed by atoms with van der Waals surface area (Å²) in [7, 11) is 0. The highest BCUT2D eigenvalue weighted by atomic mass is 35.5. The van der Waals surface area contributed by atoms with Crippen LogP contribution in [0.25, 0.3) is 0 Å². The van der Waals surface area contributed by atoms with Crippen LogP contribution in [-0.2, 0) is 4.79 Å². The molecule has 19 heavy (non-hydrogen) atoms. The van der Waals surface area contributed by atoms with Gasteiger partial charge in [-0.1, -0.05) is 36.5 Å². The van der Waals surface area contributed by atoms with Crippen LogP contribution in [0.1, 0.15) is 45.2 Å². The molecule has 2 unspecified atom stereocenters. The fraction of sp³-hybridized carbons (Fsp3) is 0.500. The van der Waals surface area contributed by atoms with Gasteiger partial charge >= 0.3 is 5.97 Å². The molecule has 2 atom stereocenters. The molecule has 0 aliphatic rings. The first-order chi connectivity index (χ1) is 8.80. The number of hydrogen-bond donors (Lipinski definition) is 2. The average Bonchev–Trinajstić information content (AvgIpc) is 2.32. The molecule has 1 aromatic rings. The van der Waals surface area contributed by atoms with E-state index in [4.69, 9.17) is 23.2 Å². The zero-order valence-corrected chi connectivity index (χ0v) is 12.8. The Kier molecular flexibility index (Phi) is 5.65. The molecule has 0 aliphatic heterocycles. The van der Waals surface area contributed by atoms with Gasteiger partial charge in [0.15, 0.2) is 0 Å². The van der Waals surface area contributed by atoms with Crippen molar-refractivity contribution in [2.75, 3.05) is 0 Å². The second kappa shape index (κ2) is 6.60. The van der Waals surface area contributed by atoms with Gasteiger partial charge in [-0.25, -0.2) is 0 Å². The fourth-order valence-electron chi connectivity index (χ4n) is 2.14. The number of carbonyl (C=O) groups is 1. The third kappa shape index (κ3) is 4.10. The number of carboxylic acid groups (broad SMARTS) is 1. The van der Waals surface area contributed by atoms with Gasteiger partial charge in [0.2, 0.25) is 0 Å². The van der Waals surface area contributed by atoms with Crippen molar-refractivity contribution in [3.63, 3.8) is 0 Å². The normalized spacial score (nSPS) is 15.8. The molecule has 0 spiro atoms. The zero-order valence-electron chi connectivity index (χ0n) is 11.3. The van der Waals surface area contributed by atoms with Crippen LogP contribution in [0.15, 0.2) is 18.2 Å². The van der Waals surface area contributed by atoms with Crippen LogP contribution in [-0.4, -0.2) is 16.6 Å². The average molecular weight is 304 g/mol. The Bertz CT molecular complexity index is 465. The third-order valence-electron chi connectivity index (χ3n) is 3.18. The van der Waals surface area contributed by atoms with Crippen LogP contribution >= 0.6 is 23.2 Å². The lowest BCUT2D eigenvalue weighted by Crippen LogP contribution is -2.50. The Morgan fingerprint density at radius 2 is 2.11 bits per heavy atom. The third-order valence-corrected chi connectivity index (χ3v) is 3.76. The number of halogens is 2. The molecule has 0 saturated heterocycles. The molecule has 3 nitrogen and oxygen atoms in total. The highest BCUT2D eigenvalue weighted by molar-refractivity contribution is 6.33. The molecular weight excluding hydrogens is 285 g/mol. The summed E-state index contributed by atoms with van der Waals surface area (Å²) in [6.07, 6.45) is 1.33. The minimum atomic E-state index is -0.972. The second-order valence-corrected chi connectivity index (χ2v) is 5.76. The minimum Gasteiger partial charge on any atom is -0.480 e. The second-order valence-electron chi connectivity index (χ2n) is 4.92. The van der Waals surface area contributed by atoms with Crippen LogP contribution in [0, 0.1) is 0 Å². The highest BCUT2D eigenvalue weighted by Gasteiger charge is 2.33. The van der Waals surface area contributed by atoms with Gasteiger partial charge in [-0.05, 0) is 44.0 Å². The predicted molar refractivity (Wildman–Crippen MR) is 79.0 cm³/mol. The lowest BCUT2D eigenvalue weighted by molar-refractivity contribution is -0.144. The number of hydrogen-bond acceptors (Lipinski definition) is 2. The molecule has 0 amide bonds. The Morgan fingerprint density at radius 1 is 1.47 bits per heavy atom. The van der Waals surface area contributed by atoms with Crippen molar-refractivity contribution in [2.45, 2.75) is 45.2 Å². The van der Waals surface area contributed by atoms with E-state index in [9.17, 15) is 9.90 Å². The van der Waals surface area contributed by atoms with Crippen molar-refractivity contribution in [1.29, 1.82) is 0 Å². The molecule has 2 N–H and O–H groups in total. The van der Waals surface area contributed by atoms with E-state index >= 15 is 0 Å². The van der Waals surface area contributed by atoms with Crippen molar-refractivity contribution in [1.82, 2.24) is 5.32 Å². The van der Waals surface area contributed by atoms with E-state index in [1.807, 2.05) is 13.8 Å². The summed E-state index contributed by atoms with van der Waals surface area (Å²) >= 11 is 12.1. The quantitative estimate of drug-likeness (QED) is 0.824. The number of benzene rings is 1. The number of rotatable bonds is 6. The van der Waals surface area contributed by atoms with E-state index in [-0.39, 0.29) is 6.04 Å². The molecule has 0 fully saturated rings. The van der Waals surface area contributed by atoms with E-state index in [1.54, 1.807) is 25.1 Å². The van der Waals surface area contributed by atoms with Crippen molar-refractivity contribution in [3.05, 3.63) is 33.8 Å². The van der Waals surface area contributed by atoms with E-state index in [0.717, 1.165) is 12.0 Å². The van der Waals surface area contributed by atoms with Crippen molar-refractivity contribution in [3.8, 4) is 0 Å². The number of nitrogens with one attached hydrogen (secondary N) is 1. The molecule has 0 saturated carbocycles. The van der Waals surface area contributed by atoms with Gasteiger partial charge in [0, 0.05) is 16.1 Å². The smallest absolute Gasteiger partial charge is 0.323 e. The summed E-state index contributed by atoms with van der Waals surface area (Å²) < 4.78 is 0. The van der Waals surface area contributed by atoms with Crippen LogP contribution < -0.4 is 5.32 Å². The first-order valence-corrected chi connectivity index (χ1v) is 7.02. The lowest BCUT2D eigenvalue weighted by atomic mass is 9.94. The SMILES string of the molecule is CCCC(C)(NC(C)c1cc(Cl)ccc1Cl)C(=O)O. The van der Waals surface area contributed by atoms with E-state index in [1.165, 1.54) is 0 Å². The van der Waals surface area contributed by atoms with Gasteiger partial charge in [-0.3, -0.25) is 10.1 Å². The van der Waals surface area contributed by atoms with Crippen molar-refractivity contribution >= 4 is 29.2 Å². The molecule has 106 valence electrons. The van der Waals surface area contributed by atoms with Gasteiger partial charge in [0.25, 0.3) is 0 Å². The van der Waals surface area contributed by atoms with Crippen LogP contribution in [0.5, 0.6) is 0 Å². The Labute approximate surface area is 123 Å². The van der Waals surface area contributed by atoms with Crippen LogP contribution in [0.4, 0.5) is 0 Å². The van der Waals surface area contributed by atoms with E-state index in [0.29, 0.717) is 16.5 Å². The molecule has 0 heterocycles. The maximum atomic E-state index is 11.4. The Hall–Kier alpha value is -0.770. The Balaban J connectivity index is 2.97. The summed E-state index contributed by atoms with van der Waals surface area (Å²) in [5.74, 6) is -0.862. The molecule has 1 aromatic carbocycles. The van der Waals surface area contributed by atoms with E-state index in [2.05, 4.69) is 5.32 Å². The van der Waals surface area contributed by atoms with Crippen LogP contribution in [0.2, 0.25) is 10.0 Å². The molecule has 0 bridgehead atoms. The number of aliphatic carboxylic acids is 1. The first kappa shape index (κ1) is 16.3. The lowest BCUT2D eigenvalue weighted by Gasteiger charge is -2.30. The summed E-state index contributed by atoms with van der Waals surface area (Å²) in [4.78, 5) is 11.4. The van der Waals surface area contributed by atoms with Gasteiger partial charge in [-0.15, -0.1) is 0 Å². The molecule has 1 rings (SSSR count). The molecule has 0 radical (unpaired) electrons. The van der Waals surface area contributed by atoms with Crippen molar-refractivity contribution in [2.24, 2.45) is 0 Å². The first-order valence-electron chi connectivity index (χ1n) is 6.26. The Morgan fingerprint density at radius 3 is 2.63 bits per heavy atom. The fourth-order valence-corrected chi connectivity index (χ4v) is 2.60. The highest BCUT2D eigenvalue weighted by Crippen LogP contribution is 2.28. The zero-order chi connectivity index (χ0) is 14.6. The summed E-state index contributed by atoms with van der Waals surface area (Å²) in [6.45, 7) is 5.53. The molecule has 0 aromatic heterocycles. The van der Waals surface area contributed by atoms with E-state index < -0.39 is 11.5 Å². The maximum absolute atomic E-state index is 11.4. The summed E-state index contributed by atoms with van der Waals surface area (Å²) in [6, 6.07) is 4.99. The molecular formula is C14H19Cl2NO2. The maximum Gasteiger partial charge on any atom is 0.323 e. The van der Waals surface area contributed by atoms with Gasteiger partial charge < -0.3 is 5.11 Å².